The first-order chi connectivity index (χ1) is 19.9. The van der Waals surface area contributed by atoms with Crippen LogP contribution >= 0.6 is 0 Å². The second-order valence-corrected chi connectivity index (χ2v) is 13.5. The number of carbonyl (C=O) groups excluding carboxylic acids is 1. The van der Waals surface area contributed by atoms with Gasteiger partial charge in [0.2, 0.25) is 10.0 Å². The highest BCUT2D eigenvalue weighted by Gasteiger charge is 2.47. The number of aliphatic imine (C=N–C) groups is 1. The molecule has 2 aliphatic rings. The van der Waals surface area contributed by atoms with Gasteiger partial charge in [-0.3, -0.25) is 9.79 Å². The Hall–Kier alpha value is -2.48. The van der Waals surface area contributed by atoms with E-state index in [-0.39, 0.29) is 44.3 Å². The minimum absolute atomic E-state index is 0.0690. The molecule has 1 spiro atoms. The number of aliphatic hydroxyl groups excluding tert-OH is 2. The highest BCUT2D eigenvalue weighted by Crippen LogP contribution is 2.32. The number of fused-ring (bicyclic) bond motifs is 1. The van der Waals surface area contributed by atoms with E-state index >= 15 is 0 Å². The zero-order chi connectivity index (χ0) is 30.4. The molecule has 1 saturated heterocycles. The highest BCUT2D eigenvalue weighted by atomic mass is 32.2. The van der Waals surface area contributed by atoms with Gasteiger partial charge in [0.15, 0.2) is 0 Å². The topological polar surface area (TPSA) is 124 Å². The third kappa shape index (κ3) is 8.33. The van der Waals surface area contributed by atoms with Gasteiger partial charge in [0.1, 0.15) is 11.4 Å². The van der Waals surface area contributed by atoms with Crippen molar-refractivity contribution >= 4 is 32.7 Å². The lowest BCUT2D eigenvalue weighted by Crippen LogP contribution is -2.50. The third-order valence-corrected chi connectivity index (χ3v) is 10.1. The summed E-state index contributed by atoms with van der Waals surface area (Å²) in [6.45, 7) is 0.319. The van der Waals surface area contributed by atoms with Crippen LogP contribution in [0, 0.1) is 0 Å². The summed E-state index contributed by atoms with van der Waals surface area (Å²) in [5, 5.41) is 22.7. The molecule has 4 rings (SSSR count). The van der Waals surface area contributed by atoms with Crippen LogP contribution in [0.5, 0.6) is 0 Å². The summed E-state index contributed by atoms with van der Waals surface area (Å²) in [6, 6.07) is 7.53. The van der Waals surface area contributed by atoms with E-state index in [0.29, 0.717) is 37.9 Å². The van der Waals surface area contributed by atoms with Crippen LogP contribution in [-0.4, -0.2) is 82.5 Å². The highest BCUT2D eigenvalue weighted by molar-refractivity contribution is 7.89. The molecular weight excluding hydrogens is 573 g/mol. The average Bonchev–Trinajstić information content (AvgIpc) is 3.49. The summed E-state index contributed by atoms with van der Waals surface area (Å²) in [5.74, 6) is 0.352. The molecule has 2 aliphatic heterocycles. The first-order valence-corrected chi connectivity index (χ1v) is 16.3. The molecule has 3 N–H and O–H groups in total. The number of aryl methyl sites for hydroxylation is 1. The summed E-state index contributed by atoms with van der Waals surface area (Å²) in [6.07, 6.45) is 1.57. The first-order valence-electron chi connectivity index (χ1n) is 14.7. The van der Waals surface area contributed by atoms with E-state index in [9.17, 15) is 31.5 Å². The second-order valence-electron chi connectivity index (χ2n) is 11.4. The zero-order valence-electron chi connectivity index (χ0n) is 23.8. The average molecular weight is 615 g/mol. The number of carbonyl (C=O) groups is 1. The van der Waals surface area contributed by atoms with E-state index in [1.54, 1.807) is 0 Å². The number of nitrogens with one attached hydrogen (secondary N) is 1. The predicted octanol–water partition coefficient (Wildman–Crippen LogP) is 3.91. The standard InChI is InChI=1S/C29H41F3N4O5S/c30-29(31,32)13-6-4-2-1-3-5-10-26-33-27(39)28(34-26)14-17-36(18-15-28)42(40,41)19-12-22-8-7-9-25-24(22)11-16-35(25)20-23(38)21-37/h7-9,11,16,23,37-38H,1-6,10,12-15,17-21H2,(H,33,34,39). The number of halogens is 3. The molecule has 1 aromatic carbocycles. The number of rotatable bonds is 15. The third-order valence-electron chi connectivity index (χ3n) is 8.25. The van der Waals surface area contributed by atoms with Gasteiger partial charge in [-0.1, -0.05) is 37.8 Å². The molecule has 1 unspecified atom stereocenters. The predicted molar refractivity (Wildman–Crippen MR) is 155 cm³/mol. The Morgan fingerprint density at radius 2 is 1.71 bits per heavy atom. The fourth-order valence-electron chi connectivity index (χ4n) is 5.82. The van der Waals surface area contributed by atoms with Gasteiger partial charge in [0.25, 0.3) is 5.91 Å². The number of aliphatic hydroxyl groups is 2. The van der Waals surface area contributed by atoms with E-state index in [0.717, 1.165) is 42.1 Å². The summed E-state index contributed by atoms with van der Waals surface area (Å²) in [7, 11) is -3.57. The van der Waals surface area contributed by atoms with Crippen molar-refractivity contribution in [2.45, 2.75) is 95.0 Å². The van der Waals surface area contributed by atoms with Crippen molar-refractivity contribution in [1.29, 1.82) is 0 Å². The summed E-state index contributed by atoms with van der Waals surface area (Å²) in [5.41, 5.74) is 0.804. The molecule has 0 radical (unpaired) electrons. The number of alkyl halides is 3. The number of hydrogen-bond donors (Lipinski definition) is 3. The summed E-state index contributed by atoms with van der Waals surface area (Å²) >= 11 is 0. The lowest BCUT2D eigenvalue weighted by Gasteiger charge is -2.34. The molecule has 234 valence electrons. The van der Waals surface area contributed by atoms with Gasteiger partial charge in [0.05, 0.1) is 25.0 Å². The Morgan fingerprint density at radius 1 is 1.02 bits per heavy atom. The molecule has 1 amide bonds. The molecule has 9 nitrogen and oxygen atoms in total. The van der Waals surface area contributed by atoms with Crippen molar-refractivity contribution in [1.82, 2.24) is 14.2 Å². The Morgan fingerprint density at radius 3 is 2.40 bits per heavy atom. The number of benzene rings is 1. The van der Waals surface area contributed by atoms with E-state index in [4.69, 9.17) is 5.11 Å². The number of nitrogens with zero attached hydrogens (tertiary/aromatic N) is 3. The molecule has 42 heavy (non-hydrogen) atoms. The van der Waals surface area contributed by atoms with Crippen LogP contribution in [0.1, 0.15) is 69.8 Å². The maximum Gasteiger partial charge on any atom is 0.389 e. The number of hydrogen-bond acceptors (Lipinski definition) is 6. The first kappa shape index (κ1) is 32.4. The quantitative estimate of drug-likeness (QED) is 0.263. The van der Waals surface area contributed by atoms with Gasteiger partial charge in [0, 0.05) is 43.0 Å². The van der Waals surface area contributed by atoms with Gasteiger partial charge in [-0.05, 0) is 49.8 Å². The Bertz CT molecular complexity index is 1350. The molecule has 0 bridgehead atoms. The SMILES string of the molecule is O=C1NC(CCCCCCCCC(F)(F)F)=NC12CCN(S(=O)(=O)CCc1cccc3c1ccn3CC(O)CO)CC2. The Labute approximate surface area is 244 Å². The minimum atomic E-state index is -4.09. The molecular formula is C29H41F3N4O5S. The zero-order valence-corrected chi connectivity index (χ0v) is 24.6. The minimum Gasteiger partial charge on any atom is -0.394 e. The summed E-state index contributed by atoms with van der Waals surface area (Å²) < 4.78 is 66.4. The number of amides is 1. The maximum absolute atomic E-state index is 13.2. The van der Waals surface area contributed by atoms with Crippen LogP contribution in [0.25, 0.3) is 10.9 Å². The van der Waals surface area contributed by atoms with Gasteiger partial charge >= 0.3 is 6.18 Å². The molecule has 0 saturated carbocycles. The molecule has 13 heteroatoms. The molecule has 2 aromatic rings. The fourth-order valence-corrected chi connectivity index (χ4v) is 7.29. The van der Waals surface area contributed by atoms with Gasteiger partial charge in [-0.15, -0.1) is 0 Å². The van der Waals surface area contributed by atoms with Crippen molar-refractivity contribution < 1.29 is 36.6 Å². The van der Waals surface area contributed by atoms with Gasteiger partial charge < -0.3 is 20.1 Å². The maximum atomic E-state index is 13.2. The van der Waals surface area contributed by atoms with Crippen LogP contribution in [0.3, 0.4) is 0 Å². The van der Waals surface area contributed by atoms with Gasteiger partial charge in [-0.25, -0.2) is 12.7 Å². The molecule has 3 heterocycles. The number of sulfonamides is 1. The van der Waals surface area contributed by atoms with Crippen LogP contribution in [0.15, 0.2) is 35.5 Å². The fraction of sp³-hybridized carbons (Fsp3) is 0.655. The van der Waals surface area contributed by atoms with E-state index in [1.807, 2.05) is 35.0 Å². The second kappa shape index (κ2) is 13.9. The van der Waals surface area contributed by atoms with Crippen molar-refractivity contribution in [2.24, 2.45) is 4.99 Å². The number of unbranched alkanes of at least 4 members (excludes halogenated alkanes) is 5. The lowest BCUT2D eigenvalue weighted by molar-refractivity contribution is -0.135. The van der Waals surface area contributed by atoms with Crippen molar-refractivity contribution in [2.75, 3.05) is 25.4 Å². The number of aromatic nitrogens is 1. The van der Waals surface area contributed by atoms with Crippen molar-refractivity contribution in [3.8, 4) is 0 Å². The van der Waals surface area contributed by atoms with E-state index < -0.39 is 34.3 Å². The van der Waals surface area contributed by atoms with Crippen molar-refractivity contribution in [3.05, 3.63) is 36.0 Å². The van der Waals surface area contributed by atoms with Crippen LogP contribution in [0.2, 0.25) is 0 Å². The molecule has 1 aromatic heterocycles. The number of amidine groups is 1. The molecule has 1 atom stereocenters. The molecule has 0 aliphatic carbocycles. The molecule has 1 fully saturated rings. The number of piperidine rings is 1. The van der Waals surface area contributed by atoms with Crippen molar-refractivity contribution in [3.63, 3.8) is 0 Å². The Kier molecular flexibility index (Phi) is 10.7. The van der Waals surface area contributed by atoms with E-state index in [2.05, 4.69) is 10.3 Å². The lowest BCUT2D eigenvalue weighted by atomic mass is 9.89. The van der Waals surface area contributed by atoms with Gasteiger partial charge in [-0.2, -0.15) is 13.2 Å². The smallest absolute Gasteiger partial charge is 0.389 e. The van der Waals surface area contributed by atoms with E-state index in [1.165, 1.54) is 4.31 Å². The largest absolute Gasteiger partial charge is 0.394 e. The summed E-state index contributed by atoms with van der Waals surface area (Å²) in [4.78, 5) is 17.5. The monoisotopic (exact) mass is 614 g/mol. The van der Waals surface area contributed by atoms with Crippen LogP contribution in [-0.2, 0) is 27.8 Å². The van der Waals surface area contributed by atoms with Crippen LogP contribution < -0.4 is 5.32 Å². The van der Waals surface area contributed by atoms with Crippen LogP contribution in [0.4, 0.5) is 13.2 Å². The Balaban J connectivity index is 1.24. The normalized spacial score (nSPS) is 18.5.